The van der Waals surface area contributed by atoms with Gasteiger partial charge in [0, 0.05) is 21.8 Å². The Morgan fingerprint density at radius 3 is 1.74 bits per heavy atom. The van der Waals surface area contributed by atoms with Gasteiger partial charge in [0.05, 0.1) is 9.89 Å². The van der Waals surface area contributed by atoms with E-state index in [0.29, 0.717) is 0 Å². The third-order valence-corrected chi connectivity index (χ3v) is 10.5. The van der Waals surface area contributed by atoms with Crippen molar-refractivity contribution in [2.75, 3.05) is 0 Å². The zero-order valence-corrected chi connectivity index (χ0v) is 25.0. The zero-order chi connectivity index (χ0) is 28.2. The molecule has 0 saturated heterocycles. The minimum absolute atomic E-state index is 0.110. The maximum atomic E-state index is 6.58. The van der Waals surface area contributed by atoms with Gasteiger partial charge in [-0.1, -0.05) is 129 Å². The van der Waals surface area contributed by atoms with E-state index < -0.39 is 5.41 Å². The van der Waals surface area contributed by atoms with Crippen molar-refractivity contribution >= 4 is 37.9 Å². The maximum Gasteiger partial charge on any atom is 0.149 e. The summed E-state index contributed by atoms with van der Waals surface area (Å²) in [5, 5.41) is 2.26. The van der Waals surface area contributed by atoms with Gasteiger partial charge in [0.2, 0.25) is 0 Å². The molecule has 1 aromatic heterocycles. The van der Waals surface area contributed by atoms with Crippen molar-refractivity contribution < 1.29 is 4.42 Å². The molecule has 42 heavy (non-hydrogen) atoms. The Morgan fingerprint density at radius 2 is 1.02 bits per heavy atom. The molecule has 0 fully saturated rings. The van der Waals surface area contributed by atoms with Crippen molar-refractivity contribution in [1.29, 1.82) is 0 Å². The highest BCUT2D eigenvalue weighted by atomic mass is 79.9. The highest BCUT2D eigenvalue weighted by Crippen LogP contribution is 2.62. The molecule has 2 aliphatic rings. The van der Waals surface area contributed by atoms with Crippen LogP contribution in [-0.2, 0) is 10.8 Å². The molecule has 1 heterocycles. The van der Waals surface area contributed by atoms with E-state index in [1.807, 2.05) is 6.07 Å². The largest absolute Gasteiger partial charge is 0.454 e. The minimum Gasteiger partial charge on any atom is -0.454 e. The maximum absolute atomic E-state index is 6.58. The number of benzene rings is 6. The van der Waals surface area contributed by atoms with E-state index >= 15 is 0 Å². The van der Waals surface area contributed by atoms with Gasteiger partial charge < -0.3 is 4.42 Å². The number of halogens is 1. The first-order valence-electron chi connectivity index (χ1n) is 14.6. The Bertz CT molecular complexity index is 2200. The van der Waals surface area contributed by atoms with Gasteiger partial charge >= 0.3 is 0 Å². The second-order valence-electron chi connectivity index (χ2n) is 12.2. The molecule has 6 aromatic carbocycles. The number of fused-ring (bicyclic) bond motifs is 12. The number of hydrogen-bond acceptors (Lipinski definition) is 1. The van der Waals surface area contributed by atoms with E-state index in [1.165, 1.54) is 50.1 Å². The SMILES string of the molecule is CC1(C)c2ccccc2C2(c3ccccc3-c3ccc(-c4cccc5c4oc4c(Br)cccc45)cc32)c2ccccc21. The second kappa shape index (κ2) is 8.33. The summed E-state index contributed by atoms with van der Waals surface area (Å²) in [6, 6.07) is 47.0. The molecule has 1 nitrogen and oxygen atoms in total. The highest BCUT2D eigenvalue weighted by Gasteiger charge is 2.53. The van der Waals surface area contributed by atoms with E-state index in [-0.39, 0.29) is 5.41 Å². The lowest BCUT2D eigenvalue weighted by Gasteiger charge is -2.46. The topological polar surface area (TPSA) is 13.1 Å². The van der Waals surface area contributed by atoms with E-state index in [1.54, 1.807) is 0 Å². The molecule has 0 saturated carbocycles. The molecule has 2 aliphatic carbocycles. The van der Waals surface area contributed by atoms with Crippen LogP contribution in [0.25, 0.3) is 44.2 Å². The summed E-state index contributed by atoms with van der Waals surface area (Å²) in [6.45, 7) is 4.74. The number of hydrogen-bond donors (Lipinski definition) is 0. The minimum atomic E-state index is -0.407. The van der Waals surface area contributed by atoms with Crippen LogP contribution in [0.2, 0.25) is 0 Å². The van der Waals surface area contributed by atoms with Gasteiger partial charge in [-0.2, -0.15) is 0 Å². The summed E-state index contributed by atoms with van der Waals surface area (Å²) >= 11 is 3.71. The molecule has 0 aliphatic heterocycles. The van der Waals surface area contributed by atoms with Gasteiger partial charge in [-0.25, -0.2) is 0 Å². The van der Waals surface area contributed by atoms with Crippen molar-refractivity contribution in [2.45, 2.75) is 24.7 Å². The lowest BCUT2D eigenvalue weighted by Crippen LogP contribution is -2.40. The average molecular weight is 604 g/mol. The van der Waals surface area contributed by atoms with E-state index in [2.05, 4.69) is 151 Å². The van der Waals surface area contributed by atoms with Crippen LogP contribution in [0.4, 0.5) is 0 Å². The molecule has 0 N–H and O–H groups in total. The summed E-state index contributed by atoms with van der Waals surface area (Å²) in [6.07, 6.45) is 0. The van der Waals surface area contributed by atoms with E-state index in [4.69, 9.17) is 4.42 Å². The number of para-hydroxylation sites is 2. The molecule has 0 radical (unpaired) electrons. The molecule has 7 aromatic rings. The second-order valence-corrected chi connectivity index (χ2v) is 13.0. The van der Waals surface area contributed by atoms with Crippen LogP contribution in [0, 0.1) is 0 Å². The molecule has 2 heteroatoms. The van der Waals surface area contributed by atoms with E-state index in [9.17, 15) is 0 Å². The molecule has 0 unspecified atom stereocenters. The molecule has 0 amide bonds. The third kappa shape index (κ3) is 2.88. The predicted molar refractivity (Wildman–Crippen MR) is 176 cm³/mol. The Labute approximate surface area is 253 Å². The standard InChI is InChI=1S/C40H27BrO/c1-39(2)31-16-5-7-18-33(31)40(34-19-8-6-17-32(34)39)30-15-4-3-11-26(30)27-22-21-24(23-35(27)40)25-12-9-13-28-29-14-10-20-36(41)38(29)42-37(25)28/h3-23H,1-2H3. The van der Waals surface area contributed by atoms with Crippen molar-refractivity contribution in [3.05, 3.63) is 165 Å². The Morgan fingerprint density at radius 1 is 0.476 bits per heavy atom. The molecular formula is C40H27BrO. The normalized spacial score (nSPS) is 15.4. The first-order valence-corrected chi connectivity index (χ1v) is 15.3. The van der Waals surface area contributed by atoms with Gasteiger partial charge in [0.25, 0.3) is 0 Å². The van der Waals surface area contributed by atoms with Crippen LogP contribution in [0.5, 0.6) is 0 Å². The first-order chi connectivity index (χ1) is 20.5. The zero-order valence-electron chi connectivity index (χ0n) is 23.4. The fourth-order valence-corrected chi connectivity index (χ4v) is 8.49. The van der Waals surface area contributed by atoms with Crippen LogP contribution in [0.15, 0.2) is 136 Å². The lowest BCUT2D eigenvalue weighted by molar-refractivity contribution is 0.563. The quantitative estimate of drug-likeness (QED) is 0.182. The fraction of sp³-hybridized carbons (Fsp3) is 0.100. The predicted octanol–water partition coefficient (Wildman–Crippen LogP) is 11.0. The van der Waals surface area contributed by atoms with Crippen molar-refractivity contribution in [3.8, 4) is 22.3 Å². The summed E-state index contributed by atoms with van der Waals surface area (Å²) < 4.78 is 7.56. The molecule has 0 atom stereocenters. The van der Waals surface area contributed by atoms with Gasteiger partial charge in [-0.05, 0) is 78.1 Å². The summed E-state index contributed by atoms with van der Waals surface area (Å²) in [5.74, 6) is 0. The first kappa shape index (κ1) is 24.2. The molecule has 200 valence electrons. The molecular weight excluding hydrogens is 576 g/mol. The fourth-order valence-electron chi connectivity index (χ4n) is 8.04. The third-order valence-electron chi connectivity index (χ3n) is 9.84. The van der Waals surface area contributed by atoms with Gasteiger partial charge in [0.15, 0.2) is 0 Å². The van der Waals surface area contributed by atoms with Crippen molar-refractivity contribution in [2.24, 2.45) is 0 Å². The van der Waals surface area contributed by atoms with Crippen LogP contribution in [-0.4, -0.2) is 0 Å². The van der Waals surface area contributed by atoms with Gasteiger partial charge in [0.1, 0.15) is 11.2 Å². The van der Waals surface area contributed by atoms with Crippen LogP contribution in [0.1, 0.15) is 47.2 Å². The monoisotopic (exact) mass is 602 g/mol. The summed E-state index contributed by atoms with van der Waals surface area (Å²) in [7, 11) is 0. The smallest absolute Gasteiger partial charge is 0.149 e. The van der Waals surface area contributed by atoms with Crippen molar-refractivity contribution in [3.63, 3.8) is 0 Å². The van der Waals surface area contributed by atoms with E-state index in [0.717, 1.165) is 32.0 Å². The van der Waals surface area contributed by atoms with Crippen LogP contribution in [0.3, 0.4) is 0 Å². The Kier molecular flexibility index (Phi) is 4.81. The molecule has 1 spiro atoms. The number of rotatable bonds is 1. The Balaban J connectivity index is 1.40. The number of furan rings is 1. The highest BCUT2D eigenvalue weighted by molar-refractivity contribution is 9.10. The molecule has 0 bridgehead atoms. The van der Waals surface area contributed by atoms with Crippen LogP contribution >= 0.6 is 15.9 Å². The lowest BCUT2D eigenvalue weighted by atomic mass is 9.55. The summed E-state index contributed by atoms with van der Waals surface area (Å²) in [4.78, 5) is 0. The van der Waals surface area contributed by atoms with Crippen molar-refractivity contribution in [1.82, 2.24) is 0 Å². The summed E-state index contributed by atoms with van der Waals surface area (Å²) in [5.41, 5.74) is 14.4. The van der Waals surface area contributed by atoms with Gasteiger partial charge in [-0.15, -0.1) is 0 Å². The average Bonchev–Trinajstić information content (AvgIpc) is 3.55. The van der Waals surface area contributed by atoms with Crippen LogP contribution < -0.4 is 0 Å². The molecule has 9 rings (SSSR count). The Hall–Kier alpha value is -4.40. The van der Waals surface area contributed by atoms with Gasteiger partial charge in [-0.3, -0.25) is 0 Å².